The Balaban J connectivity index is 2.93. The van der Waals surface area contributed by atoms with Crippen molar-refractivity contribution in [3.05, 3.63) is 22.2 Å². The van der Waals surface area contributed by atoms with Crippen molar-refractivity contribution in [3.8, 4) is 11.5 Å². The molecule has 0 fully saturated rings. The van der Waals surface area contributed by atoms with E-state index in [1.807, 2.05) is 0 Å². The van der Waals surface area contributed by atoms with Crippen molar-refractivity contribution < 1.29 is 23.8 Å². The second-order valence-electron chi connectivity index (χ2n) is 3.62. The third-order valence-electron chi connectivity index (χ3n) is 2.23. The molecule has 0 unspecified atom stereocenters. The molecule has 0 saturated heterocycles. The summed E-state index contributed by atoms with van der Waals surface area (Å²) in [5.41, 5.74) is 7.58. The third-order valence-corrected chi connectivity index (χ3v) is 2.92. The summed E-state index contributed by atoms with van der Waals surface area (Å²) in [6.45, 7) is -0.240. The number of hydrogen-bond donors (Lipinski definition) is 2. The fourth-order valence-electron chi connectivity index (χ4n) is 1.28. The summed E-state index contributed by atoms with van der Waals surface area (Å²) in [6.07, 6.45) is 1.38. The molecule has 114 valence electrons. The van der Waals surface area contributed by atoms with E-state index in [0.29, 0.717) is 21.5 Å². The van der Waals surface area contributed by atoms with E-state index < -0.39 is 12.0 Å². The molecule has 9 heteroatoms. The number of primary amides is 1. The fraction of sp³-hybridized carbons (Fsp3) is 0.250. The maximum absolute atomic E-state index is 11.1. The Morgan fingerprint density at radius 3 is 2.67 bits per heavy atom. The van der Waals surface area contributed by atoms with Crippen molar-refractivity contribution >= 4 is 34.1 Å². The Morgan fingerprint density at radius 2 is 2.10 bits per heavy atom. The zero-order chi connectivity index (χ0) is 15.8. The number of ether oxygens (including phenoxy) is 3. The first-order valence-corrected chi connectivity index (χ1v) is 6.43. The number of urea groups is 1. The molecule has 1 aromatic rings. The molecule has 8 nitrogen and oxygen atoms in total. The van der Waals surface area contributed by atoms with Gasteiger partial charge in [-0.05, 0) is 28.1 Å². The first-order valence-electron chi connectivity index (χ1n) is 5.63. The normalized spacial score (nSPS) is 10.2. The monoisotopic (exact) mass is 359 g/mol. The molecule has 0 atom stereocenters. The number of hydrazone groups is 1. The summed E-state index contributed by atoms with van der Waals surface area (Å²) in [5, 5.41) is 3.64. The van der Waals surface area contributed by atoms with Crippen LogP contribution in [0.1, 0.15) is 5.56 Å². The molecule has 0 aliphatic carbocycles. The number of esters is 1. The lowest BCUT2D eigenvalue weighted by molar-refractivity contribution is -0.142. The second-order valence-corrected chi connectivity index (χ2v) is 4.48. The van der Waals surface area contributed by atoms with Crippen LogP contribution in [0.5, 0.6) is 11.5 Å². The van der Waals surface area contributed by atoms with E-state index in [1.54, 1.807) is 12.1 Å². The van der Waals surface area contributed by atoms with E-state index in [0.717, 1.165) is 0 Å². The largest absolute Gasteiger partial charge is 0.493 e. The number of halogens is 1. The minimum absolute atomic E-state index is 0.240. The van der Waals surface area contributed by atoms with Gasteiger partial charge in [0.25, 0.3) is 0 Å². The van der Waals surface area contributed by atoms with Crippen molar-refractivity contribution in [1.82, 2.24) is 5.43 Å². The van der Waals surface area contributed by atoms with Gasteiger partial charge in [-0.2, -0.15) is 5.10 Å². The van der Waals surface area contributed by atoms with Crippen molar-refractivity contribution in [3.63, 3.8) is 0 Å². The highest BCUT2D eigenvalue weighted by Crippen LogP contribution is 2.32. The smallest absolute Gasteiger partial charge is 0.343 e. The molecule has 21 heavy (non-hydrogen) atoms. The van der Waals surface area contributed by atoms with Crippen molar-refractivity contribution in [1.29, 1.82) is 0 Å². The van der Waals surface area contributed by atoms with E-state index in [-0.39, 0.29) is 6.61 Å². The maximum atomic E-state index is 11.1. The van der Waals surface area contributed by atoms with Crippen LogP contribution in [0.4, 0.5) is 4.79 Å². The molecule has 0 aliphatic rings. The van der Waals surface area contributed by atoms with E-state index >= 15 is 0 Å². The minimum Gasteiger partial charge on any atom is -0.493 e. The minimum atomic E-state index is -0.771. The van der Waals surface area contributed by atoms with Crippen LogP contribution in [0.2, 0.25) is 0 Å². The number of rotatable bonds is 6. The number of methoxy groups -OCH3 is 2. The van der Waals surface area contributed by atoms with Crippen molar-refractivity contribution in [2.75, 3.05) is 20.8 Å². The highest BCUT2D eigenvalue weighted by Gasteiger charge is 2.11. The van der Waals surface area contributed by atoms with Crippen LogP contribution >= 0.6 is 15.9 Å². The van der Waals surface area contributed by atoms with E-state index in [1.165, 1.54) is 20.4 Å². The Morgan fingerprint density at radius 1 is 1.38 bits per heavy atom. The molecule has 0 heterocycles. The highest BCUT2D eigenvalue weighted by atomic mass is 79.9. The number of nitrogens with one attached hydrogen (secondary N) is 1. The molecule has 0 bridgehead atoms. The molecule has 0 radical (unpaired) electrons. The topological polar surface area (TPSA) is 112 Å². The van der Waals surface area contributed by atoms with Crippen LogP contribution in [-0.4, -0.2) is 39.0 Å². The van der Waals surface area contributed by atoms with Gasteiger partial charge in [-0.1, -0.05) is 0 Å². The lowest BCUT2D eigenvalue weighted by atomic mass is 10.2. The van der Waals surface area contributed by atoms with Gasteiger partial charge < -0.3 is 19.9 Å². The van der Waals surface area contributed by atoms with Crippen LogP contribution in [0.15, 0.2) is 21.7 Å². The average Bonchev–Trinajstić information content (AvgIpc) is 2.46. The van der Waals surface area contributed by atoms with Gasteiger partial charge in [0.05, 0.1) is 20.4 Å². The summed E-state index contributed by atoms with van der Waals surface area (Å²) in [4.78, 5) is 21.6. The van der Waals surface area contributed by atoms with Gasteiger partial charge in [0.2, 0.25) is 0 Å². The molecule has 1 aromatic carbocycles. The number of nitrogens with two attached hydrogens (primary N) is 1. The fourth-order valence-corrected chi connectivity index (χ4v) is 1.71. The number of benzene rings is 1. The summed E-state index contributed by atoms with van der Waals surface area (Å²) in [7, 11) is 2.72. The summed E-state index contributed by atoms with van der Waals surface area (Å²) in [6, 6.07) is 2.45. The van der Waals surface area contributed by atoms with Gasteiger partial charge in [0, 0.05) is 10.0 Å². The number of carbonyl (C=O) groups excluding carboxylic acids is 2. The van der Waals surface area contributed by atoms with Gasteiger partial charge in [0.15, 0.2) is 18.1 Å². The quantitative estimate of drug-likeness (QED) is 0.447. The molecule has 0 spiro atoms. The molecule has 3 N–H and O–H groups in total. The predicted molar refractivity (Wildman–Crippen MR) is 78.5 cm³/mol. The highest BCUT2D eigenvalue weighted by molar-refractivity contribution is 9.10. The standard InChI is InChI=1S/C12H14BrN3O5/c1-19-9-3-7(5-15-16-12(14)18)8(13)4-10(9)21-6-11(17)20-2/h3-5H,6H2,1-2H3,(H3,14,16,18). The van der Waals surface area contributed by atoms with Crippen LogP contribution in [0, 0.1) is 0 Å². The van der Waals surface area contributed by atoms with Gasteiger partial charge in [0.1, 0.15) is 0 Å². The first kappa shape index (κ1) is 16.8. The van der Waals surface area contributed by atoms with Crippen LogP contribution in [-0.2, 0) is 9.53 Å². The Hall–Kier alpha value is -2.29. The Kier molecular flexibility index (Phi) is 6.47. The van der Waals surface area contributed by atoms with Crippen molar-refractivity contribution in [2.24, 2.45) is 10.8 Å². The van der Waals surface area contributed by atoms with Gasteiger partial charge in [-0.3, -0.25) is 0 Å². The predicted octanol–water partition coefficient (Wildman–Crippen LogP) is 1.01. The third kappa shape index (κ3) is 5.30. The van der Waals surface area contributed by atoms with E-state index in [9.17, 15) is 9.59 Å². The molecule has 0 aliphatic heterocycles. The number of carbonyl (C=O) groups is 2. The molecular weight excluding hydrogens is 346 g/mol. The number of amides is 2. The molecular formula is C12H14BrN3O5. The summed E-state index contributed by atoms with van der Waals surface area (Å²) >= 11 is 3.31. The van der Waals surface area contributed by atoms with Gasteiger partial charge >= 0.3 is 12.0 Å². The van der Waals surface area contributed by atoms with Crippen LogP contribution in [0.25, 0.3) is 0 Å². The zero-order valence-corrected chi connectivity index (χ0v) is 13.0. The van der Waals surface area contributed by atoms with Gasteiger partial charge in [-0.15, -0.1) is 0 Å². The summed E-state index contributed by atoms with van der Waals surface area (Å²) in [5.74, 6) is 0.238. The molecule has 2 amide bonds. The Labute approximate surface area is 129 Å². The van der Waals surface area contributed by atoms with Crippen molar-refractivity contribution in [2.45, 2.75) is 0 Å². The average molecular weight is 360 g/mol. The van der Waals surface area contributed by atoms with E-state index in [4.69, 9.17) is 15.2 Å². The number of nitrogens with zero attached hydrogens (tertiary/aromatic N) is 1. The second kappa shape index (κ2) is 8.10. The SMILES string of the molecule is COC(=O)COc1cc(Br)c(C=NNC(N)=O)cc1OC. The zero-order valence-electron chi connectivity index (χ0n) is 11.4. The molecule has 0 saturated carbocycles. The molecule has 1 rings (SSSR count). The van der Waals surface area contributed by atoms with E-state index in [2.05, 4.69) is 31.2 Å². The Bertz CT molecular complexity index is 562. The van der Waals surface area contributed by atoms with Crippen LogP contribution in [0.3, 0.4) is 0 Å². The maximum Gasteiger partial charge on any atom is 0.343 e. The molecule has 0 aromatic heterocycles. The lowest BCUT2D eigenvalue weighted by Gasteiger charge is -2.11. The van der Waals surface area contributed by atoms with Crippen LogP contribution < -0.4 is 20.6 Å². The summed E-state index contributed by atoms with van der Waals surface area (Å²) < 4.78 is 15.6. The first-order chi connectivity index (χ1) is 9.97. The number of hydrogen-bond acceptors (Lipinski definition) is 6. The van der Waals surface area contributed by atoms with Gasteiger partial charge in [-0.25, -0.2) is 15.0 Å². The lowest BCUT2D eigenvalue weighted by Crippen LogP contribution is -2.24.